The first-order valence-electron chi connectivity index (χ1n) is 6.90. The van der Waals surface area contributed by atoms with E-state index in [9.17, 15) is 13.2 Å². The molecule has 0 fully saturated rings. The molecule has 0 aliphatic heterocycles. The molecule has 8 heteroatoms. The van der Waals surface area contributed by atoms with Crippen LogP contribution in [0.25, 0.3) is 0 Å². The number of aryl methyl sites for hydroxylation is 1. The van der Waals surface area contributed by atoms with Gasteiger partial charge in [0.1, 0.15) is 0 Å². The third-order valence-corrected chi connectivity index (χ3v) is 4.37. The van der Waals surface area contributed by atoms with E-state index < -0.39 is 10.0 Å². The van der Waals surface area contributed by atoms with E-state index in [0.29, 0.717) is 12.8 Å². The van der Waals surface area contributed by atoms with Crippen LogP contribution in [0.3, 0.4) is 0 Å². The summed E-state index contributed by atoms with van der Waals surface area (Å²) in [6.07, 6.45) is 0.962. The maximum absolute atomic E-state index is 12.0. The van der Waals surface area contributed by atoms with Crippen LogP contribution in [0.15, 0.2) is 29.2 Å². The van der Waals surface area contributed by atoms with Crippen LogP contribution in [0.4, 0.5) is 0 Å². The minimum absolute atomic E-state index is 0. The fourth-order valence-corrected chi connectivity index (χ4v) is 2.67. The lowest BCUT2D eigenvalue weighted by Gasteiger charge is -2.09. The van der Waals surface area contributed by atoms with Crippen molar-refractivity contribution >= 4 is 28.3 Å². The summed E-state index contributed by atoms with van der Waals surface area (Å²) in [5, 5.41) is 2.65. The second-order valence-corrected chi connectivity index (χ2v) is 6.84. The number of hydrogen-bond acceptors (Lipinski definition) is 4. The number of nitrogens with two attached hydrogens (primary N) is 1. The number of nitrogens with one attached hydrogen (secondary N) is 2. The molecular weight excluding hydrogens is 326 g/mol. The van der Waals surface area contributed by atoms with Gasteiger partial charge in [-0.2, -0.15) is 0 Å². The van der Waals surface area contributed by atoms with E-state index in [1.54, 1.807) is 24.3 Å². The summed E-state index contributed by atoms with van der Waals surface area (Å²) in [5.74, 6) is -0.123. The summed E-state index contributed by atoms with van der Waals surface area (Å²) in [5.41, 5.74) is 6.55. The molecule has 0 aromatic heterocycles. The van der Waals surface area contributed by atoms with Crippen molar-refractivity contribution in [1.82, 2.24) is 10.0 Å². The van der Waals surface area contributed by atoms with Crippen LogP contribution in [0.2, 0.25) is 0 Å². The van der Waals surface area contributed by atoms with Crippen molar-refractivity contribution < 1.29 is 13.2 Å². The van der Waals surface area contributed by atoms with Crippen molar-refractivity contribution in [1.29, 1.82) is 0 Å². The van der Waals surface area contributed by atoms with Crippen molar-refractivity contribution in [3.05, 3.63) is 29.8 Å². The zero-order chi connectivity index (χ0) is 15.9. The molecule has 1 unspecified atom stereocenters. The number of sulfonamides is 1. The Kier molecular flexibility index (Phi) is 9.27. The van der Waals surface area contributed by atoms with Gasteiger partial charge in [-0.1, -0.05) is 17.7 Å². The summed E-state index contributed by atoms with van der Waals surface area (Å²) >= 11 is 0. The summed E-state index contributed by atoms with van der Waals surface area (Å²) < 4.78 is 26.4. The number of amides is 1. The highest BCUT2D eigenvalue weighted by Gasteiger charge is 2.12. The van der Waals surface area contributed by atoms with Crippen LogP contribution in [-0.4, -0.2) is 33.5 Å². The van der Waals surface area contributed by atoms with E-state index in [2.05, 4.69) is 10.0 Å². The maximum Gasteiger partial charge on any atom is 0.240 e. The fourth-order valence-electron chi connectivity index (χ4n) is 1.64. The van der Waals surface area contributed by atoms with Crippen molar-refractivity contribution in [2.75, 3.05) is 13.1 Å². The summed E-state index contributed by atoms with van der Waals surface area (Å²) in [6.45, 7) is 4.13. The van der Waals surface area contributed by atoms with E-state index in [1.807, 2.05) is 13.8 Å². The number of rotatable bonds is 8. The molecule has 0 heterocycles. The third-order valence-electron chi connectivity index (χ3n) is 2.90. The largest absolute Gasteiger partial charge is 0.355 e. The first kappa shape index (κ1) is 20.9. The number of hydrogen-bond donors (Lipinski definition) is 3. The van der Waals surface area contributed by atoms with Crippen molar-refractivity contribution in [2.24, 2.45) is 5.73 Å². The molecule has 0 aliphatic carbocycles. The maximum atomic E-state index is 12.0. The molecule has 0 spiro atoms. The van der Waals surface area contributed by atoms with E-state index in [4.69, 9.17) is 5.73 Å². The Hall–Kier alpha value is -1.15. The molecule has 126 valence electrons. The van der Waals surface area contributed by atoms with Crippen LogP contribution < -0.4 is 15.8 Å². The van der Waals surface area contributed by atoms with Gasteiger partial charge in [-0.05, 0) is 32.4 Å². The van der Waals surface area contributed by atoms with Crippen molar-refractivity contribution in [3.63, 3.8) is 0 Å². The third kappa shape index (κ3) is 7.74. The number of benzene rings is 1. The van der Waals surface area contributed by atoms with Gasteiger partial charge in [-0.3, -0.25) is 4.79 Å². The Morgan fingerprint density at radius 3 is 2.36 bits per heavy atom. The lowest BCUT2D eigenvalue weighted by Crippen LogP contribution is -2.35. The van der Waals surface area contributed by atoms with Gasteiger partial charge in [0.15, 0.2) is 0 Å². The van der Waals surface area contributed by atoms with Gasteiger partial charge in [-0.15, -0.1) is 12.4 Å². The first-order chi connectivity index (χ1) is 9.81. The number of carbonyl (C=O) groups is 1. The van der Waals surface area contributed by atoms with Crippen molar-refractivity contribution in [2.45, 2.75) is 37.6 Å². The van der Waals surface area contributed by atoms with E-state index in [-0.39, 0.29) is 42.3 Å². The highest BCUT2D eigenvalue weighted by atomic mass is 35.5. The zero-order valence-corrected chi connectivity index (χ0v) is 14.5. The minimum Gasteiger partial charge on any atom is -0.355 e. The van der Waals surface area contributed by atoms with E-state index in [0.717, 1.165) is 5.56 Å². The number of halogens is 1. The molecule has 0 radical (unpaired) electrons. The summed E-state index contributed by atoms with van der Waals surface area (Å²) in [7, 11) is -3.52. The second-order valence-electron chi connectivity index (χ2n) is 5.08. The topological polar surface area (TPSA) is 101 Å². The Bertz CT molecular complexity index is 559. The molecule has 22 heavy (non-hydrogen) atoms. The predicted molar refractivity (Wildman–Crippen MR) is 89.5 cm³/mol. The standard InChI is InChI=1S/C14H23N3O3S.ClH/c1-11-3-6-13(7-4-11)21(19,20)17-10-9-16-14(18)8-5-12(2)15;/h3-4,6-7,12,17H,5,8-10,15H2,1-2H3,(H,16,18);1H. The first-order valence-corrected chi connectivity index (χ1v) is 8.38. The molecular formula is C14H24ClN3O3S. The molecule has 0 saturated carbocycles. The Morgan fingerprint density at radius 2 is 1.82 bits per heavy atom. The predicted octanol–water partition coefficient (Wildman–Crippen LogP) is 0.939. The van der Waals surface area contributed by atoms with Gasteiger partial charge in [0.25, 0.3) is 0 Å². The minimum atomic E-state index is -3.52. The SMILES string of the molecule is Cc1ccc(S(=O)(=O)NCCNC(=O)CCC(C)N)cc1.Cl. The van der Waals surface area contributed by atoms with Gasteiger partial charge in [0, 0.05) is 25.6 Å². The van der Waals surface area contributed by atoms with E-state index >= 15 is 0 Å². The smallest absolute Gasteiger partial charge is 0.240 e. The van der Waals surface area contributed by atoms with Crippen LogP contribution in [0, 0.1) is 6.92 Å². The summed E-state index contributed by atoms with van der Waals surface area (Å²) in [6, 6.07) is 6.57. The molecule has 4 N–H and O–H groups in total. The highest BCUT2D eigenvalue weighted by Crippen LogP contribution is 2.09. The Morgan fingerprint density at radius 1 is 1.23 bits per heavy atom. The Balaban J connectivity index is 0.00000441. The monoisotopic (exact) mass is 349 g/mol. The lowest BCUT2D eigenvalue weighted by molar-refractivity contribution is -0.121. The van der Waals surface area contributed by atoms with E-state index in [1.165, 1.54) is 0 Å². The average Bonchev–Trinajstić information content (AvgIpc) is 2.42. The van der Waals surface area contributed by atoms with Crippen LogP contribution in [0.1, 0.15) is 25.3 Å². The van der Waals surface area contributed by atoms with Gasteiger partial charge < -0.3 is 11.1 Å². The average molecular weight is 350 g/mol. The lowest BCUT2D eigenvalue weighted by atomic mass is 10.2. The van der Waals surface area contributed by atoms with Crippen LogP contribution >= 0.6 is 12.4 Å². The molecule has 0 saturated heterocycles. The van der Waals surface area contributed by atoms with Crippen LogP contribution in [-0.2, 0) is 14.8 Å². The molecule has 1 aromatic rings. The summed E-state index contributed by atoms with van der Waals surface area (Å²) in [4.78, 5) is 11.7. The van der Waals surface area contributed by atoms with Gasteiger partial charge in [0.05, 0.1) is 4.90 Å². The normalized spacial score (nSPS) is 12.3. The second kappa shape index (κ2) is 9.78. The van der Waals surface area contributed by atoms with Crippen molar-refractivity contribution in [3.8, 4) is 0 Å². The molecule has 1 amide bonds. The molecule has 6 nitrogen and oxygen atoms in total. The zero-order valence-electron chi connectivity index (χ0n) is 12.8. The number of carbonyl (C=O) groups excluding carboxylic acids is 1. The fraction of sp³-hybridized carbons (Fsp3) is 0.500. The quantitative estimate of drug-likeness (QED) is 0.608. The Labute approximate surface area is 138 Å². The molecule has 1 atom stereocenters. The molecule has 1 rings (SSSR count). The highest BCUT2D eigenvalue weighted by molar-refractivity contribution is 7.89. The van der Waals surface area contributed by atoms with Gasteiger partial charge in [0.2, 0.25) is 15.9 Å². The molecule has 0 aliphatic rings. The molecule has 0 bridgehead atoms. The van der Waals surface area contributed by atoms with Gasteiger partial charge >= 0.3 is 0 Å². The molecule has 1 aromatic carbocycles. The van der Waals surface area contributed by atoms with Gasteiger partial charge in [-0.25, -0.2) is 13.1 Å². The van der Waals surface area contributed by atoms with Crippen LogP contribution in [0.5, 0.6) is 0 Å².